The van der Waals surface area contributed by atoms with E-state index in [2.05, 4.69) is 51.5 Å². The number of carbonyl (C=O) groups excluding carboxylic acids is 2. The second kappa shape index (κ2) is 12.7. The van der Waals surface area contributed by atoms with Crippen LogP contribution in [0.15, 0.2) is 36.7 Å². The Hall–Kier alpha value is -4.24. The standard InChI is InChI=1S/C30H35F3N6O3/c1-18-14-38(4)15-19(2)26(18)37-29(41)22-11-20(12-24-27(22)36-17-39(24)16-30(31,32)33)7-6-10-35-23-9-8-21(28(40)34-3)13-25(23)42-5/h8-9,11-13,17-19,26,35H,10,14-16H2,1-5H3,(H,34,40)(H,37,41). The lowest BCUT2D eigenvalue weighted by Gasteiger charge is -2.40. The summed E-state index contributed by atoms with van der Waals surface area (Å²) in [6.07, 6.45) is -3.36. The fourth-order valence-corrected chi connectivity index (χ4v) is 5.50. The molecule has 3 N–H and O–H groups in total. The molecule has 12 heteroatoms. The van der Waals surface area contributed by atoms with E-state index in [0.29, 0.717) is 22.6 Å². The molecule has 2 aromatic carbocycles. The van der Waals surface area contributed by atoms with E-state index in [9.17, 15) is 22.8 Å². The summed E-state index contributed by atoms with van der Waals surface area (Å²) in [6.45, 7) is 4.71. The third-order valence-electron chi connectivity index (χ3n) is 7.33. The van der Waals surface area contributed by atoms with Gasteiger partial charge in [-0.1, -0.05) is 25.7 Å². The van der Waals surface area contributed by atoms with Crippen LogP contribution in [0.3, 0.4) is 0 Å². The SMILES string of the molecule is CNC(=O)c1ccc(NCC#Cc2cc(C(=O)NC3C(C)CN(C)CC3C)c3ncn(CC(F)(F)F)c3c2)c(OC)c1. The number of nitrogens with one attached hydrogen (secondary N) is 3. The van der Waals surface area contributed by atoms with E-state index in [1.165, 1.54) is 20.2 Å². The number of methoxy groups -OCH3 is 1. The Balaban J connectivity index is 1.61. The molecule has 2 unspecified atom stereocenters. The maximum absolute atomic E-state index is 13.5. The van der Waals surface area contributed by atoms with Crippen LogP contribution < -0.4 is 20.7 Å². The van der Waals surface area contributed by atoms with Gasteiger partial charge in [0.2, 0.25) is 0 Å². The number of hydrogen-bond donors (Lipinski definition) is 3. The number of imidazole rings is 1. The number of aromatic nitrogens is 2. The first-order valence-corrected chi connectivity index (χ1v) is 13.6. The van der Waals surface area contributed by atoms with E-state index < -0.39 is 18.6 Å². The number of ether oxygens (including phenoxy) is 1. The zero-order chi connectivity index (χ0) is 30.6. The highest BCUT2D eigenvalue weighted by Gasteiger charge is 2.33. The van der Waals surface area contributed by atoms with Gasteiger partial charge in [0.15, 0.2) is 0 Å². The van der Waals surface area contributed by atoms with Crippen LogP contribution in [0.2, 0.25) is 0 Å². The number of alkyl halides is 3. The number of carbonyl (C=O) groups is 2. The molecular weight excluding hydrogens is 549 g/mol. The molecule has 224 valence electrons. The lowest BCUT2D eigenvalue weighted by molar-refractivity contribution is -0.139. The van der Waals surface area contributed by atoms with Gasteiger partial charge in [-0.25, -0.2) is 4.98 Å². The highest BCUT2D eigenvalue weighted by atomic mass is 19.4. The zero-order valence-corrected chi connectivity index (χ0v) is 24.2. The molecule has 0 spiro atoms. The Bertz CT molecular complexity index is 1510. The van der Waals surface area contributed by atoms with Crippen LogP contribution in [0.4, 0.5) is 18.9 Å². The molecule has 1 aliphatic heterocycles. The molecule has 0 bridgehead atoms. The van der Waals surface area contributed by atoms with E-state index in [0.717, 1.165) is 24.0 Å². The maximum Gasteiger partial charge on any atom is 0.406 e. The summed E-state index contributed by atoms with van der Waals surface area (Å²) in [5.74, 6) is 6.10. The molecule has 2 atom stereocenters. The normalized spacial score (nSPS) is 19.1. The third kappa shape index (κ3) is 7.15. The van der Waals surface area contributed by atoms with Crippen molar-refractivity contribution < 1.29 is 27.5 Å². The molecule has 3 aromatic rings. The summed E-state index contributed by atoms with van der Waals surface area (Å²) < 4.78 is 46.2. The first-order chi connectivity index (χ1) is 19.9. The van der Waals surface area contributed by atoms with Gasteiger partial charge in [0.25, 0.3) is 11.8 Å². The fraction of sp³-hybridized carbons (Fsp3) is 0.433. The van der Waals surface area contributed by atoms with Crippen molar-refractivity contribution >= 4 is 28.5 Å². The molecule has 0 radical (unpaired) electrons. The van der Waals surface area contributed by atoms with Crippen LogP contribution in [0, 0.1) is 23.7 Å². The molecular formula is C30H35F3N6O3. The van der Waals surface area contributed by atoms with Crippen LogP contribution in [0.25, 0.3) is 11.0 Å². The molecule has 2 amide bonds. The van der Waals surface area contributed by atoms with Gasteiger partial charge in [-0.2, -0.15) is 13.2 Å². The predicted octanol–water partition coefficient (Wildman–Crippen LogP) is 3.75. The number of amides is 2. The Morgan fingerprint density at radius 3 is 2.48 bits per heavy atom. The lowest BCUT2D eigenvalue weighted by atomic mass is 9.86. The van der Waals surface area contributed by atoms with Gasteiger partial charge in [-0.3, -0.25) is 9.59 Å². The molecule has 2 heterocycles. The second-order valence-corrected chi connectivity index (χ2v) is 10.7. The molecule has 0 aliphatic carbocycles. The largest absolute Gasteiger partial charge is 0.495 e. The number of hydrogen-bond acceptors (Lipinski definition) is 6. The number of benzene rings is 2. The van der Waals surface area contributed by atoms with E-state index >= 15 is 0 Å². The van der Waals surface area contributed by atoms with Crippen LogP contribution in [0.1, 0.15) is 40.1 Å². The number of nitrogens with zero attached hydrogens (tertiary/aromatic N) is 3. The van der Waals surface area contributed by atoms with Gasteiger partial charge < -0.3 is 30.2 Å². The highest BCUT2D eigenvalue weighted by Crippen LogP contribution is 2.27. The van der Waals surface area contributed by atoms with E-state index in [-0.39, 0.29) is 46.9 Å². The van der Waals surface area contributed by atoms with Crippen LogP contribution >= 0.6 is 0 Å². The summed E-state index contributed by atoms with van der Waals surface area (Å²) in [5, 5.41) is 8.78. The summed E-state index contributed by atoms with van der Waals surface area (Å²) in [4.78, 5) is 31.8. The topological polar surface area (TPSA) is 101 Å². The number of anilines is 1. The minimum Gasteiger partial charge on any atom is -0.495 e. The summed E-state index contributed by atoms with van der Waals surface area (Å²) in [5.41, 5.74) is 1.97. The Morgan fingerprint density at radius 2 is 1.83 bits per heavy atom. The van der Waals surface area contributed by atoms with Crippen molar-refractivity contribution in [3.05, 3.63) is 53.3 Å². The summed E-state index contributed by atoms with van der Waals surface area (Å²) in [7, 11) is 5.06. The van der Waals surface area contributed by atoms with Crippen molar-refractivity contribution in [1.29, 1.82) is 0 Å². The van der Waals surface area contributed by atoms with Crippen LogP contribution in [-0.2, 0) is 6.54 Å². The minimum absolute atomic E-state index is 0.0929. The van der Waals surface area contributed by atoms with Crippen LogP contribution in [0.5, 0.6) is 5.75 Å². The summed E-state index contributed by atoms with van der Waals surface area (Å²) >= 11 is 0. The summed E-state index contributed by atoms with van der Waals surface area (Å²) in [6, 6.07) is 7.92. The minimum atomic E-state index is -4.47. The molecule has 1 aromatic heterocycles. The zero-order valence-electron chi connectivity index (χ0n) is 24.2. The van der Waals surface area contributed by atoms with Crippen molar-refractivity contribution in [2.75, 3.05) is 46.2 Å². The van der Waals surface area contributed by atoms with Gasteiger partial charge >= 0.3 is 6.18 Å². The maximum atomic E-state index is 13.5. The average Bonchev–Trinajstić information content (AvgIpc) is 3.32. The molecule has 1 saturated heterocycles. The van der Waals surface area contributed by atoms with Crippen molar-refractivity contribution in [3.63, 3.8) is 0 Å². The molecule has 1 aliphatic rings. The van der Waals surface area contributed by atoms with Gasteiger partial charge in [0, 0.05) is 37.3 Å². The van der Waals surface area contributed by atoms with Crippen molar-refractivity contribution in [3.8, 4) is 17.6 Å². The van der Waals surface area contributed by atoms with E-state index in [1.807, 2.05) is 7.05 Å². The van der Waals surface area contributed by atoms with Crippen molar-refractivity contribution in [2.45, 2.75) is 32.6 Å². The molecule has 9 nitrogen and oxygen atoms in total. The van der Waals surface area contributed by atoms with E-state index in [1.54, 1.807) is 24.3 Å². The van der Waals surface area contributed by atoms with Gasteiger partial charge in [-0.05, 0) is 49.2 Å². The van der Waals surface area contributed by atoms with Gasteiger partial charge in [0.05, 0.1) is 36.7 Å². The number of fused-ring (bicyclic) bond motifs is 1. The monoisotopic (exact) mass is 584 g/mol. The molecule has 1 fully saturated rings. The Kier molecular flexibility index (Phi) is 9.31. The van der Waals surface area contributed by atoms with Crippen molar-refractivity contribution in [2.24, 2.45) is 11.8 Å². The number of rotatable bonds is 7. The number of piperidine rings is 1. The number of likely N-dealkylation sites (tertiary alicyclic amines) is 1. The Labute approximate surface area is 242 Å². The van der Waals surface area contributed by atoms with Gasteiger partial charge in [0.1, 0.15) is 17.8 Å². The van der Waals surface area contributed by atoms with Crippen molar-refractivity contribution in [1.82, 2.24) is 25.1 Å². The smallest absolute Gasteiger partial charge is 0.406 e. The second-order valence-electron chi connectivity index (χ2n) is 10.7. The number of halogens is 3. The average molecular weight is 585 g/mol. The molecule has 4 rings (SSSR count). The van der Waals surface area contributed by atoms with Gasteiger partial charge in [-0.15, -0.1) is 0 Å². The fourth-order valence-electron chi connectivity index (χ4n) is 5.50. The Morgan fingerprint density at radius 1 is 1.12 bits per heavy atom. The quantitative estimate of drug-likeness (QED) is 0.366. The van der Waals surface area contributed by atoms with Crippen LogP contribution in [-0.4, -0.2) is 79.3 Å². The lowest BCUT2D eigenvalue weighted by Crippen LogP contribution is -2.53. The predicted molar refractivity (Wildman–Crippen MR) is 155 cm³/mol. The first kappa shape index (κ1) is 30.7. The van der Waals surface area contributed by atoms with E-state index in [4.69, 9.17) is 4.74 Å². The molecule has 42 heavy (non-hydrogen) atoms. The first-order valence-electron chi connectivity index (χ1n) is 13.6. The molecule has 0 saturated carbocycles. The highest BCUT2D eigenvalue weighted by molar-refractivity contribution is 6.05. The third-order valence-corrected chi connectivity index (χ3v) is 7.33.